The van der Waals surface area contributed by atoms with E-state index in [2.05, 4.69) is 10.3 Å². The molecule has 140 valence electrons. The molecule has 5 nitrogen and oxygen atoms in total. The highest BCUT2D eigenvalue weighted by Crippen LogP contribution is 2.41. The van der Waals surface area contributed by atoms with E-state index >= 15 is 0 Å². The van der Waals surface area contributed by atoms with Gasteiger partial charge in [-0.25, -0.2) is 0 Å². The van der Waals surface area contributed by atoms with Gasteiger partial charge in [-0.05, 0) is 37.1 Å². The number of carbonyl (C=O) groups excluding carboxylic acids is 2. The van der Waals surface area contributed by atoms with Crippen molar-refractivity contribution in [3.63, 3.8) is 0 Å². The van der Waals surface area contributed by atoms with E-state index in [0.29, 0.717) is 16.8 Å². The Bertz CT molecular complexity index is 906. The Kier molecular flexibility index (Phi) is 4.17. The van der Waals surface area contributed by atoms with Gasteiger partial charge in [0.2, 0.25) is 0 Å². The molecule has 1 aromatic carbocycles. The average molecular weight is 371 g/mol. The minimum absolute atomic E-state index is 0.0868. The first-order valence-electron chi connectivity index (χ1n) is 8.95. The zero-order valence-electron chi connectivity index (χ0n) is 14.8. The first-order valence-corrected chi connectivity index (χ1v) is 8.95. The molecule has 0 unspecified atom stereocenters. The number of hydrogen-bond donors (Lipinski definition) is 1. The molecule has 0 radical (unpaired) electrons. The third kappa shape index (κ3) is 2.97. The summed E-state index contributed by atoms with van der Waals surface area (Å²) in [4.78, 5) is 30.0. The Labute approximate surface area is 155 Å². The number of nitrogens with zero attached hydrogens (tertiary/aromatic N) is 2. The van der Waals surface area contributed by atoms with Gasteiger partial charge in [0.1, 0.15) is 0 Å². The van der Waals surface area contributed by atoms with Gasteiger partial charge in [-0.3, -0.25) is 14.6 Å². The van der Waals surface area contributed by atoms with Gasteiger partial charge in [-0.1, -0.05) is 18.9 Å². The van der Waals surface area contributed by atoms with Gasteiger partial charge < -0.3 is 10.2 Å². The molecule has 1 N–H and O–H groups in total. The molecule has 1 aliphatic carbocycles. The van der Waals surface area contributed by atoms with E-state index in [1.165, 1.54) is 18.3 Å². The number of hydrogen-bond acceptors (Lipinski definition) is 3. The van der Waals surface area contributed by atoms with Crippen molar-refractivity contribution < 1.29 is 18.4 Å². The van der Waals surface area contributed by atoms with Crippen LogP contribution in [0.5, 0.6) is 0 Å². The lowest BCUT2D eigenvalue weighted by atomic mass is 10.0. The van der Waals surface area contributed by atoms with Gasteiger partial charge >= 0.3 is 5.92 Å². The maximum atomic E-state index is 14.0. The highest BCUT2D eigenvalue weighted by atomic mass is 19.3. The Morgan fingerprint density at radius 3 is 2.63 bits per heavy atom. The van der Waals surface area contributed by atoms with Crippen LogP contribution in [0.15, 0.2) is 36.5 Å². The topological polar surface area (TPSA) is 62.3 Å². The van der Waals surface area contributed by atoms with Crippen LogP contribution in [0.1, 0.15) is 41.6 Å². The predicted octanol–water partition coefficient (Wildman–Crippen LogP) is 3.81. The Morgan fingerprint density at radius 1 is 1.22 bits per heavy atom. The molecule has 1 saturated carbocycles. The van der Waals surface area contributed by atoms with Crippen LogP contribution >= 0.6 is 0 Å². The molecule has 2 aliphatic rings. The number of halogens is 2. The Hall–Kier alpha value is -2.83. The standard InChI is InChI=1S/C20H19F2N3O2/c1-25(14-4-2-3-5-14)18(26)13-7-8-16(23-11-13)12-6-9-17-15(10-12)20(21,22)19(27)24-17/h6-11,14H,2-5H2,1H3,(H,24,27). The van der Waals surface area contributed by atoms with Crippen molar-refractivity contribution in [1.29, 1.82) is 0 Å². The third-order valence-corrected chi connectivity index (χ3v) is 5.39. The van der Waals surface area contributed by atoms with Crippen molar-refractivity contribution >= 4 is 17.5 Å². The minimum Gasteiger partial charge on any atom is -0.339 e. The second-order valence-corrected chi connectivity index (χ2v) is 7.08. The molecule has 2 aromatic rings. The van der Waals surface area contributed by atoms with Gasteiger partial charge in [0.25, 0.3) is 11.8 Å². The lowest BCUT2D eigenvalue weighted by Gasteiger charge is -2.24. The normalized spacial score (nSPS) is 18.3. The maximum Gasteiger partial charge on any atom is 0.352 e. The van der Waals surface area contributed by atoms with E-state index < -0.39 is 11.8 Å². The predicted molar refractivity (Wildman–Crippen MR) is 96.5 cm³/mol. The summed E-state index contributed by atoms with van der Waals surface area (Å²) in [5.74, 6) is -4.96. The zero-order chi connectivity index (χ0) is 19.2. The molecule has 1 aliphatic heterocycles. The van der Waals surface area contributed by atoms with Crippen molar-refractivity contribution in [3.8, 4) is 11.3 Å². The SMILES string of the molecule is CN(C(=O)c1ccc(-c2ccc3c(c2)C(F)(F)C(=O)N3)nc1)C1CCCC1. The molecule has 4 rings (SSSR count). The Morgan fingerprint density at radius 2 is 1.96 bits per heavy atom. The third-order valence-electron chi connectivity index (χ3n) is 5.39. The van der Waals surface area contributed by atoms with Gasteiger partial charge in [-0.2, -0.15) is 8.78 Å². The van der Waals surface area contributed by atoms with E-state index in [0.717, 1.165) is 25.7 Å². The quantitative estimate of drug-likeness (QED) is 0.893. The number of anilines is 1. The van der Waals surface area contributed by atoms with Crippen LogP contribution in [0.25, 0.3) is 11.3 Å². The summed E-state index contributed by atoms with van der Waals surface area (Å²) < 4.78 is 27.9. The highest BCUT2D eigenvalue weighted by molar-refractivity contribution is 6.04. The largest absolute Gasteiger partial charge is 0.352 e. The number of fused-ring (bicyclic) bond motifs is 1. The second-order valence-electron chi connectivity index (χ2n) is 7.08. The van der Waals surface area contributed by atoms with Gasteiger partial charge in [-0.15, -0.1) is 0 Å². The van der Waals surface area contributed by atoms with Crippen LogP contribution in [0.2, 0.25) is 0 Å². The number of rotatable bonds is 3. The number of benzene rings is 1. The first-order chi connectivity index (χ1) is 12.9. The van der Waals surface area contributed by atoms with Crippen LogP contribution < -0.4 is 5.32 Å². The molecule has 0 atom stereocenters. The van der Waals surface area contributed by atoms with Crippen LogP contribution in [0.3, 0.4) is 0 Å². The minimum atomic E-state index is -3.55. The molecule has 1 fully saturated rings. The van der Waals surface area contributed by atoms with E-state index in [1.807, 2.05) is 0 Å². The fourth-order valence-electron chi connectivity index (χ4n) is 3.75. The Balaban J connectivity index is 1.57. The van der Waals surface area contributed by atoms with Crippen molar-refractivity contribution in [2.24, 2.45) is 0 Å². The molecule has 2 amide bonds. The van der Waals surface area contributed by atoms with Crippen LogP contribution in [0.4, 0.5) is 14.5 Å². The molecule has 0 bridgehead atoms. The van der Waals surface area contributed by atoms with E-state index in [9.17, 15) is 18.4 Å². The molecule has 27 heavy (non-hydrogen) atoms. The molecule has 0 spiro atoms. The lowest BCUT2D eigenvalue weighted by Crippen LogP contribution is -2.35. The summed E-state index contributed by atoms with van der Waals surface area (Å²) >= 11 is 0. The van der Waals surface area contributed by atoms with E-state index in [4.69, 9.17) is 0 Å². The lowest BCUT2D eigenvalue weighted by molar-refractivity contribution is -0.139. The van der Waals surface area contributed by atoms with Gasteiger partial charge in [0.15, 0.2) is 0 Å². The number of carbonyl (C=O) groups is 2. The molecule has 1 aromatic heterocycles. The summed E-state index contributed by atoms with van der Waals surface area (Å²) in [6, 6.07) is 7.89. The molecule has 7 heteroatoms. The fourth-order valence-corrected chi connectivity index (χ4v) is 3.75. The summed E-state index contributed by atoms with van der Waals surface area (Å²) in [6.07, 6.45) is 5.78. The molecular formula is C20H19F2N3O2. The van der Waals surface area contributed by atoms with Crippen LogP contribution in [-0.4, -0.2) is 34.8 Å². The fraction of sp³-hybridized carbons (Fsp3) is 0.350. The first kappa shape index (κ1) is 17.6. The van der Waals surface area contributed by atoms with Gasteiger partial charge in [0, 0.05) is 24.8 Å². The number of aromatic nitrogens is 1. The van der Waals surface area contributed by atoms with Crippen molar-refractivity contribution in [2.45, 2.75) is 37.6 Å². The smallest absolute Gasteiger partial charge is 0.339 e. The summed E-state index contributed by atoms with van der Waals surface area (Å²) in [7, 11) is 1.80. The summed E-state index contributed by atoms with van der Waals surface area (Å²) in [5, 5.41) is 2.17. The monoisotopic (exact) mass is 371 g/mol. The van der Waals surface area contributed by atoms with Gasteiger partial charge in [0.05, 0.1) is 22.5 Å². The molecular weight excluding hydrogens is 352 g/mol. The van der Waals surface area contributed by atoms with Crippen molar-refractivity contribution in [3.05, 3.63) is 47.7 Å². The van der Waals surface area contributed by atoms with Crippen LogP contribution in [-0.2, 0) is 10.7 Å². The summed E-state index contributed by atoms with van der Waals surface area (Å²) in [6.45, 7) is 0. The molecule has 0 saturated heterocycles. The van der Waals surface area contributed by atoms with E-state index in [1.54, 1.807) is 30.1 Å². The molecule has 2 heterocycles. The van der Waals surface area contributed by atoms with Crippen molar-refractivity contribution in [2.75, 3.05) is 12.4 Å². The second kappa shape index (κ2) is 6.40. The average Bonchev–Trinajstić information content (AvgIpc) is 3.28. The highest BCUT2D eigenvalue weighted by Gasteiger charge is 2.48. The zero-order valence-corrected chi connectivity index (χ0v) is 14.8. The van der Waals surface area contributed by atoms with Crippen molar-refractivity contribution in [1.82, 2.24) is 9.88 Å². The number of pyridine rings is 1. The summed E-state index contributed by atoms with van der Waals surface area (Å²) in [5.41, 5.74) is 1.16. The number of alkyl halides is 2. The van der Waals surface area contributed by atoms with Crippen LogP contribution in [0, 0.1) is 0 Å². The number of amides is 2. The van der Waals surface area contributed by atoms with E-state index in [-0.39, 0.29) is 23.2 Å². The maximum absolute atomic E-state index is 14.0. The number of nitrogens with one attached hydrogen (secondary N) is 1.